The number of hydrogen-bond donors (Lipinski definition) is 1. The SMILES string of the molecule is COc1ccc(CCNC(=O)C(C)Oc2cc(-c3ccccc3)c3c(C)nn(C)c3n2)cc1OC. The molecule has 35 heavy (non-hydrogen) atoms. The van der Waals surface area contributed by atoms with Crippen molar-refractivity contribution in [1.29, 1.82) is 0 Å². The number of amides is 1. The van der Waals surface area contributed by atoms with Crippen molar-refractivity contribution in [1.82, 2.24) is 20.1 Å². The van der Waals surface area contributed by atoms with Crippen LogP contribution in [0.3, 0.4) is 0 Å². The third kappa shape index (κ3) is 5.21. The van der Waals surface area contributed by atoms with Crippen LogP contribution in [0.4, 0.5) is 0 Å². The molecule has 1 N–H and O–H groups in total. The number of carbonyl (C=O) groups excluding carboxylic acids is 1. The van der Waals surface area contributed by atoms with Gasteiger partial charge in [-0.1, -0.05) is 36.4 Å². The highest BCUT2D eigenvalue weighted by atomic mass is 16.5. The summed E-state index contributed by atoms with van der Waals surface area (Å²) in [6.07, 6.45) is -0.0709. The molecule has 0 saturated carbocycles. The van der Waals surface area contributed by atoms with E-state index in [4.69, 9.17) is 14.2 Å². The maximum Gasteiger partial charge on any atom is 0.260 e. The number of nitrogens with one attached hydrogen (secondary N) is 1. The Kier molecular flexibility index (Phi) is 7.19. The number of hydrogen-bond acceptors (Lipinski definition) is 6. The number of pyridine rings is 1. The maximum absolute atomic E-state index is 12.7. The van der Waals surface area contributed by atoms with E-state index in [-0.39, 0.29) is 5.91 Å². The molecular formula is C27H30N4O4. The fraction of sp³-hybridized carbons (Fsp3) is 0.296. The van der Waals surface area contributed by atoms with Gasteiger partial charge in [0, 0.05) is 19.7 Å². The lowest BCUT2D eigenvalue weighted by atomic mass is 10.0. The molecule has 0 bridgehead atoms. The van der Waals surface area contributed by atoms with Gasteiger partial charge in [0.15, 0.2) is 23.3 Å². The van der Waals surface area contributed by atoms with E-state index in [1.807, 2.05) is 68.6 Å². The summed E-state index contributed by atoms with van der Waals surface area (Å²) in [5, 5.41) is 8.43. The van der Waals surface area contributed by atoms with Gasteiger partial charge in [0.25, 0.3) is 5.91 Å². The van der Waals surface area contributed by atoms with Crippen molar-refractivity contribution in [2.75, 3.05) is 20.8 Å². The Morgan fingerprint density at radius 1 is 1.06 bits per heavy atom. The molecule has 2 heterocycles. The summed E-state index contributed by atoms with van der Waals surface area (Å²) >= 11 is 0. The fourth-order valence-corrected chi connectivity index (χ4v) is 4.07. The van der Waals surface area contributed by atoms with Gasteiger partial charge in [-0.05, 0) is 49.1 Å². The van der Waals surface area contributed by atoms with Gasteiger partial charge in [0.05, 0.1) is 25.3 Å². The highest BCUT2D eigenvalue weighted by Gasteiger charge is 2.19. The third-order valence-electron chi connectivity index (χ3n) is 5.86. The number of methoxy groups -OCH3 is 2. The normalized spacial score (nSPS) is 11.8. The number of rotatable bonds is 9. The first-order valence-corrected chi connectivity index (χ1v) is 11.5. The first-order valence-electron chi connectivity index (χ1n) is 11.5. The fourth-order valence-electron chi connectivity index (χ4n) is 4.07. The second kappa shape index (κ2) is 10.5. The van der Waals surface area contributed by atoms with Crippen LogP contribution >= 0.6 is 0 Å². The number of aryl methyl sites for hydroxylation is 2. The summed E-state index contributed by atoms with van der Waals surface area (Å²) in [5.74, 6) is 1.50. The lowest BCUT2D eigenvalue weighted by Crippen LogP contribution is -2.37. The molecule has 0 aliphatic rings. The third-order valence-corrected chi connectivity index (χ3v) is 5.86. The Morgan fingerprint density at radius 2 is 1.80 bits per heavy atom. The van der Waals surface area contributed by atoms with Crippen LogP contribution in [-0.4, -0.2) is 47.5 Å². The van der Waals surface area contributed by atoms with Gasteiger partial charge in [-0.15, -0.1) is 0 Å². The van der Waals surface area contributed by atoms with Crippen molar-refractivity contribution >= 4 is 16.9 Å². The van der Waals surface area contributed by atoms with Crippen LogP contribution in [0.5, 0.6) is 17.4 Å². The highest BCUT2D eigenvalue weighted by Crippen LogP contribution is 2.33. The first kappa shape index (κ1) is 24.1. The number of fused-ring (bicyclic) bond motifs is 1. The Balaban J connectivity index is 1.46. The quantitative estimate of drug-likeness (QED) is 0.393. The van der Waals surface area contributed by atoms with Crippen LogP contribution in [0.15, 0.2) is 54.6 Å². The zero-order valence-electron chi connectivity index (χ0n) is 20.7. The minimum Gasteiger partial charge on any atom is -0.493 e. The summed E-state index contributed by atoms with van der Waals surface area (Å²) < 4.78 is 18.3. The summed E-state index contributed by atoms with van der Waals surface area (Å²) in [5.41, 5.74) is 4.63. The van der Waals surface area contributed by atoms with Crippen LogP contribution in [0.25, 0.3) is 22.2 Å². The van der Waals surface area contributed by atoms with Gasteiger partial charge in [-0.3, -0.25) is 9.48 Å². The lowest BCUT2D eigenvalue weighted by molar-refractivity contribution is -0.127. The highest BCUT2D eigenvalue weighted by molar-refractivity contribution is 5.95. The Hall–Kier alpha value is -4.07. The molecule has 1 atom stereocenters. The van der Waals surface area contributed by atoms with Crippen molar-refractivity contribution in [2.45, 2.75) is 26.4 Å². The smallest absolute Gasteiger partial charge is 0.260 e. The average Bonchev–Trinajstić information content (AvgIpc) is 3.16. The molecular weight excluding hydrogens is 444 g/mol. The molecule has 4 rings (SSSR count). The minimum atomic E-state index is -0.719. The number of nitrogens with zero attached hydrogens (tertiary/aromatic N) is 3. The molecule has 0 aliphatic carbocycles. The van der Waals surface area contributed by atoms with E-state index in [0.717, 1.165) is 27.8 Å². The number of ether oxygens (including phenoxy) is 3. The Bertz CT molecular complexity index is 1330. The molecule has 2 aromatic carbocycles. The van der Waals surface area contributed by atoms with Gasteiger partial charge in [-0.2, -0.15) is 10.1 Å². The van der Waals surface area contributed by atoms with E-state index >= 15 is 0 Å². The van der Waals surface area contributed by atoms with Crippen molar-refractivity contribution in [3.63, 3.8) is 0 Å². The number of aromatic nitrogens is 3. The standard InChI is InChI=1S/C27H30N4O4/c1-17-25-21(20-9-7-6-8-10-20)16-24(29-26(25)31(3)30-17)35-18(2)27(32)28-14-13-19-11-12-22(33-4)23(15-19)34-5/h6-12,15-16,18H,13-14H2,1-5H3,(H,28,32). The van der Waals surface area contributed by atoms with Crippen molar-refractivity contribution in [3.8, 4) is 28.5 Å². The molecule has 0 spiro atoms. The van der Waals surface area contributed by atoms with Gasteiger partial charge >= 0.3 is 0 Å². The zero-order valence-corrected chi connectivity index (χ0v) is 20.7. The van der Waals surface area contributed by atoms with E-state index in [0.29, 0.717) is 36.0 Å². The first-order chi connectivity index (χ1) is 16.9. The van der Waals surface area contributed by atoms with Gasteiger partial charge in [-0.25, -0.2) is 0 Å². The molecule has 0 aliphatic heterocycles. The molecule has 2 aromatic heterocycles. The second-order valence-electron chi connectivity index (χ2n) is 8.27. The molecule has 1 unspecified atom stereocenters. The van der Waals surface area contributed by atoms with E-state index in [9.17, 15) is 4.79 Å². The monoisotopic (exact) mass is 474 g/mol. The van der Waals surface area contributed by atoms with E-state index in [1.165, 1.54) is 0 Å². The predicted octanol–water partition coefficient (Wildman–Crippen LogP) is 4.09. The lowest BCUT2D eigenvalue weighted by Gasteiger charge is -2.16. The molecule has 0 saturated heterocycles. The van der Waals surface area contributed by atoms with Gasteiger partial charge < -0.3 is 19.5 Å². The summed E-state index contributed by atoms with van der Waals surface area (Å²) in [4.78, 5) is 17.4. The second-order valence-corrected chi connectivity index (χ2v) is 8.27. The van der Waals surface area contributed by atoms with E-state index < -0.39 is 6.10 Å². The molecule has 0 radical (unpaired) electrons. The van der Waals surface area contributed by atoms with Crippen molar-refractivity contribution in [3.05, 3.63) is 65.9 Å². The van der Waals surface area contributed by atoms with Gasteiger partial charge in [0.2, 0.25) is 5.88 Å². The minimum absolute atomic E-state index is 0.213. The van der Waals surface area contributed by atoms with E-state index in [2.05, 4.69) is 15.4 Å². The molecule has 182 valence electrons. The van der Waals surface area contributed by atoms with Crippen LogP contribution < -0.4 is 19.5 Å². The molecule has 4 aromatic rings. The summed E-state index contributed by atoms with van der Waals surface area (Å²) in [6.45, 7) is 4.14. The Labute approximate surface area is 204 Å². The zero-order chi connectivity index (χ0) is 24.9. The summed E-state index contributed by atoms with van der Waals surface area (Å²) in [6, 6.07) is 17.6. The Morgan fingerprint density at radius 3 is 2.51 bits per heavy atom. The maximum atomic E-state index is 12.7. The molecule has 8 nitrogen and oxygen atoms in total. The number of benzene rings is 2. The van der Waals surface area contributed by atoms with Crippen LogP contribution in [0.1, 0.15) is 18.2 Å². The molecule has 1 amide bonds. The molecule has 8 heteroatoms. The van der Waals surface area contributed by atoms with Crippen LogP contribution in [-0.2, 0) is 18.3 Å². The van der Waals surface area contributed by atoms with Crippen LogP contribution in [0.2, 0.25) is 0 Å². The molecule has 0 fully saturated rings. The predicted molar refractivity (Wildman–Crippen MR) is 135 cm³/mol. The number of carbonyl (C=O) groups is 1. The van der Waals surface area contributed by atoms with E-state index in [1.54, 1.807) is 25.8 Å². The van der Waals surface area contributed by atoms with Crippen molar-refractivity contribution in [2.24, 2.45) is 7.05 Å². The largest absolute Gasteiger partial charge is 0.493 e. The average molecular weight is 475 g/mol. The van der Waals surface area contributed by atoms with Gasteiger partial charge in [0.1, 0.15) is 0 Å². The van der Waals surface area contributed by atoms with Crippen LogP contribution in [0, 0.1) is 6.92 Å². The van der Waals surface area contributed by atoms with Crippen molar-refractivity contribution < 1.29 is 19.0 Å². The summed E-state index contributed by atoms with van der Waals surface area (Å²) in [7, 11) is 5.05. The topological polar surface area (TPSA) is 87.5 Å².